The van der Waals surface area contributed by atoms with Crippen LogP contribution < -0.4 is 0 Å². The van der Waals surface area contributed by atoms with Crippen molar-refractivity contribution in [1.29, 1.82) is 0 Å². The van der Waals surface area contributed by atoms with Gasteiger partial charge in [0.1, 0.15) is 0 Å². The molecule has 3 nitrogen and oxygen atoms in total. The molecule has 3 aromatic carbocycles. The monoisotopic (exact) mass is 399 g/mol. The summed E-state index contributed by atoms with van der Waals surface area (Å²) in [7, 11) is -3.67. The fourth-order valence-electron chi connectivity index (χ4n) is 3.02. The predicted octanol–water partition coefficient (Wildman–Crippen LogP) is 4.93. The van der Waals surface area contributed by atoms with E-state index in [2.05, 4.69) is 15.9 Å². The average molecular weight is 400 g/mol. The molecule has 0 aliphatic carbocycles. The van der Waals surface area contributed by atoms with Gasteiger partial charge in [-0.3, -0.25) is 0 Å². The van der Waals surface area contributed by atoms with Crippen molar-refractivity contribution in [3.05, 3.63) is 78.4 Å². The highest BCUT2D eigenvalue weighted by Gasteiger charge is 2.22. The summed E-state index contributed by atoms with van der Waals surface area (Å²) < 4.78 is 28.0. The molecule has 1 aromatic heterocycles. The quantitative estimate of drug-likeness (QED) is 0.458. The molecule has 0 atom stereocenters. The Kier molecular flexibility index (Phi) is 3.70. The van der Waals surface area contributed by atoms with Crippen LogP contribution in [0.3, 0.4) is 0 Å². The number of hydrogen-bond acceptors (Lipinski definition) is 2. The lowest BCUT2D eigenvalue weighted by molar-refractivity contribution is 0.590. The van der Waals surface area contributed by atoms with E-state index in [-0.39, 0.29) is 4.90 Å². The number of para-hydroxylation sites is 1. The van der Waals surface area contributed by atoms with E-state index in [1.165, 1.54) is 3.97 Å². The molecule has 1 heterocycles. The van der Waals surface area contributed by atoms with E-state index in [1.54, 1.807) is 24.3 Å². The molecule has 0 radical (unpaired) electrons. The first-order valence-electron chi connectivity index (χ1n) is 7.51. The zero-order valence-corrected chi connectivity index (χ0v) is 15.1. The first kappa shape index (κ1) is 15.4. The maximum absolute atomic E-state index is 13.3. The smallest absolute Gasteiger partial charge is 0.233 e. The lowest BCUT2D eigenvalue weighted by Crippen LogP contribution is -2.12. The van der Waals surface area contributed by atoms with E-state index < -0.39 is 10.0 Å². The summed E-state index contributed by atoms with van der Waals surface area (Å²) in [6.45, 7) is 0. The molecule has 0 fully saturated rings. The molecule has 24 heavy (non-hydrogen) atoms. The summed E-state index contributed by atoms with van der Waals surface area (Å²) in [5, 5.41) is 2.55. The average Bonchev–Trinajstić information content (AvgIpc) is 2.96. The van der Waals surface area contributed by atoms with E-state index in [4.69, 9.17) is 0 Å². The third-order valence-electron chi connectivity index (χ3n) is 4.13. The SMILES string of the molecule is O=S(=O)(c1ccccc1)n1c2ccccc2c2ccc(CBr)cc21. The molecule has 0 amide bonds. The van der Waals surface area contributed by atoms with Crippen LogP contribution in [0.25, 0.3) is 21.8 Å². The van der Waals surface area contributed by atoms with Gasteiger partial charge in [0.2, 0.25) is 0 Å². The maximum atomic E-state index is 13.3. The van der Waals surface area contributed by atoms with Gasteiger partial charge in [-0.25, -0.2) is 12.4 Å². The van der Waals surface area contributed by atoms with Crippen LogP contribution in [0.1, 0.15) is 5.56 Å². The van der Waals surface area contributed by atoms with Crippen LogP contribution in [0.5, 0.6) is 0 Å². The molecule has 0 bridgehead atoms. The van der Waals surface area contributed by atoms with Gasteiger partial charge in [0, 0.05) is 16.1 Å². The second-order valence-corrected chi connectivity index (χ2v) is 7.93. The number of aromatic nitrogens is 1. The Morgan fingerprint density at radius 3 is 2.21 bits per heavy atom. The minimum absolute atomic E-state index is 0.289. The number of alkyl halides is 1. The summed E-state index contributed by atoms with van der Waals surface area (Å²) in [6, 6.07) is 22.1. The van der Waals surface area contributed by atoms with Crippen molar-refractivity contribution < 1.29 is 8.42 Å². The summed E-state index contributed by atoms with van der Waals surface area (Å²) >= 11 is 3.45. The molecule has 0 saturated carbocycles. The van der Waals surface area contributed by atoms with E-state index in [0.717, 1.165) is 16.3 Å². The van der Waals surface area contributed by atoms with Crippen LogP contribution in [-0.2, 0) is 15.4 Å². The van der Waals surface area contributed by atoms with Crippen molar-refractivity contribution in [3.63, 3.8) is 0 Å². The first-order chi connectivity index (χ1) is 11.6. The van der Waals surface area contributed by atoms with Crippen molar-refractivity contribution in [1.82, 2.24) is 3.97 Å². The van der Waals surface area contributed by atoms with Gasteiger partial charge in [-0.1, -0.05) is 64.5 Å². The fraction of sp³-hybridized carbons (Fsp3) is 0.0526. The molecule has 120 valence electrons. The number of hydrogen-bond donors (Lipinski definition) is 0. The molecular formula is C19H14BrNO2S. The lowest BCUT2D eigenvalue weighted by Gasteiger charge is -2.09. The fourth-order valence-corrected chi connectivity index (χ4v) is 4.91. The Balaban J connectivity index is 2.17. The maximum Gasteiger partial charge on any atom is 0.268 e. The van der Waals surface area contributed by atoms with E-state index in [9.17, 15) is 8.42 Å². The summed E-state index contributed by atoms with van der Waals surface area (Å²) in [5.74, 6) is 0. The zero-order chi connectivity index (χ0) is 16.7. The Morgan fingerprint density at radius 2 is 1.46 bits per heavy atom. The summed E-state index contributed by atoms with van der Waals surface area (Å²) in [6.07, 6.45) is 0. The molecule has 0 unspecified atom stereocenters. The van der Waals surface area contributed by atoms with Crippen molar-refractivity contribution in [2.75, 3.05) is 0 Å². The Labute approximate surface area is 148 Å². The van der Waals surface area contributed by atoms with Gasteiger partial charge in [0.15, 0.2) is 0 Å². The topological polar surface area (TPSA) is 39.1 Å². The van der Waals surface area contributed by atoms with Crippen LogP contribution in [0, 0.1) is 0 Å². The van der Waals surface area contributed by atoms with E-state index in [1.807, 2.05) is 48.5 Å². The highest BCUT2D eigenvalue weighted by atomic mass is 79.9. The van der Waals surface area contributed by atoms with Gasteiger partial charge in [0.25, 0.3) is 10.0 Å². The molecule has 0 aliphatic rings. The Morgan fingerprint density at radius 1 is 0.792 bits per heavy atom. The summed E-state index contributed by atoms with van der Waals surface area (Å²) in [4.78, 5) is 0.289. The number of rotatable bonds is 3. The van der Waals surface area contributed by atoms with Gasteiger partial charge in [-0.15, -0.1) is 0 Å². The van der Waals surface area contributed by atoms with Gasteiger partial charge in [0.05, 0.1) is 15.9 Å². The number of halogens is 1. The van der Waals surface area contributed by atoms with Crippen molar-refractivity contribution in [3.8, 4) is 0 Å². The van der Waals surface area contributed by atoms with Gasteiger partial charge < -0.3 is 0 Å². The molecule has 5 heteroatoms. The molecule has 0 aliphatic heterocycles. The predicted molar refractivity (Wildman–Crippen MR) is 101 cm³/mol. The number of fused-ring (bicyclic) bond motifs is 3. The third kappa shape index (κ3) is 2.27. The molecule has 4 aromatic rings. The van der Waals surface area contributed by atoms with Gasteiger partial charge in [-0.05, 0) is 29.8 Å². The number of benzene rings is 3. The Hall–Kier alpha value is -2.11. The lowest BCUT2D eigenvalue weighted by atomic mass is 10.1. The van der Waals surface area contributed by atoms with Gasteiger partial charge in [-0.2, -0.15) is 0 Å². The molecule has 0 spiro atoms. The highest BCUT2D eigenvalue weighted by Crippen LogP contribution is 2.33. The molecule has 0 saturated heterocycles. The molecule has 0 N–H and O–H groups in total. The van der Waals surface area contributed by atoms with Crippen LogP contribution in [0.4, 0.5) is 0 Å². The second kappa shape index (κ2) is 5.76. The van der Waals surface area contributed by atoms with Crippen LogP contribution >= 0.6 is 15.9 Å². The standard InChI is InChI=1S/C19H14BrNO2S/c20-13-14-10-11-17-16-8-4-5-9-18(16)21(19(17)12-14)24(22,23)15-6-2-1-3-7-15/h1-12H,13H2. The van der Waals surface area contributed by atoms with Crippen LogP contribution in [0.2, 0.25) is 0 Å². The van der Waals surface area contributed by atoms with Crippen molar-refractivity contribution in [2.45, 2.75) is 10.2 Å². The largest absolute Gasteiger partial charge is 0.268 e. The second-order valence-electron chi connectivity index (χ2n) is 5.58. The van der Waals surface area contributed by atoms with Crippen molar-refractivity contribution in [2.24, 2.45) is 0 Å². The van der Waals surface area contributed by atoms with Crippen molar-refractivity contribution >= 4 is 47.8 Å². The first-order valence-corrected chi connectivity index (χ1v) is 10.1. The van der Waals surface area contributed by atoms with E-state index >= 15 is 0 Å². The van der Waals surface area contributed by atoms with Crippen LogP contribution in [0.15, 0.2) is 77.7 Å². The highest BCUT2D eigenvalue weighted by molar-refractivity contribution is 9.08. The van der Waals surface area contributed by atoms with E-state index in [0.29, 0.717) is 16.4 Å². The minimum Gasteiger partial charge on any atom is -0.233 e. The zero-order valence-electron chi connectivity index (χ0n) is 12.7. The van der Waals surface area contributed by atoms with Crippen LogP contribution in [-0.4, -0.2) is 12.4 Å². The third-order valence-corrected chi connectivity index (χ3v) is 6.52. The van der Waals surface area contributed by atoms with Gasteiger partial charge >= 0.3 is 0 Å². The molecular weight excluding hydrogens is 386 g/mol. The normalized spacial score (nSPS) is 12.0. The molecule has 4 rings (SSSR count). The number of nitrogens with zero attached hydrogens (tertiary/aromatic N) is 1. The Bertz CT molecular complexity index is 1150. The summed E-state index contributed by atoms with van der Waals surface area (Å²) in [5.41, 5.74) is 2.44. The minimum atomic E-state index is -3.67.